The minimum absolute atomic E-state index is 0.00154. The number of carboxylic acids is 1. The molecule has 0 unspecified atom stereocenters. The molecule has 1 aromatic heterocycles. The lowest BCUT2D eigenvalue weighted by molar-refractivity contribution is 0.0697. The summed E-state index contributed by atoms with van der Waals surface area (Å²) in [6, 6.07) is 1.41. The fraction of sp³-hybridized carbons (Fsp3) is 0.200. The van der Waals surface area contributed by atoms with E-state index in [9.17, 15) is 4.79 Å². The van der Waals surface area contributed by atoms with Gasteiger partial charge < -0.3 is 16.2 Å². The molecule has 0 amide bonds. The van der Waals surface area contributed by atoms with Crippen LogP contribution in [0.2, 0.25) is 0 Å². The number of hydrogen-bond acceptors (Lipinski definition) is 4. The number of nitrogens with zero attached hydrogens (tertiary/aromatic N) is 1. The number of aromatic nitrogens is 1. The molecule has 0 saturated carbocycles. The number of nitrogens with one attached hydrogen (secondary N) is 1. The van der Waals surface area contributed by atoms with Crippen molar-refractivity contribution < 1.29 is 9.90 Å². The van der Waals surface area contributed by atoms with Crippen molar-refractivity contribution in [2.24, 2.45) is 0 Å². The number of hydrogen-bond donors (Lipinski definition) is 3. The van der Waals surface area contributed by atoms with Gasteiger partial charge >= 0.3 is 5.97 Å². The molecule has 0 aliphatic carbocycles. The average Bonchev–Trinajstić information content (AvgIpc) is 2.20. The largest absolute Gasteiger partial charge is 0.478 e. The Morgan fingerprint density at radius 3 is 3.07 bits per heavy atom. The monoisotopic (exact) mass is 205 g/mol. The van der Waals surface area contributed by atoms with Crippen molar-refractivity contribution in [3.8, 4) is 11.8 Å². The van der Waals surface area contributed by atoms with Gasteiger partial charge in [-0.3, -0.25) is 0 Å². The summed E-state index contributed by atoms with van der Waals surface area (Å²) in [7, 11) is 1.78. The third-order valence-corrected chi connectivity index (χ3v) is 1.65. The van der Waals surface area contributed by atoms with E-state index < -0.39 is 5.97 Å². The van der Waals surface area contributed by atoms with Crippen LogP contribution in [0.4, 0.5) is 5.82 Å². The molecule has 5 heteroatoms. The summed E-state index contributed by atoms with van der Waals surface area (Å²) < 4.78 is 0. The molecule has 78 valence electrons. The highest BCUT2D eigenvalue weighted by Gasteiger charge is 2.08. The van der Waals surface area contributed by atoms with E-state index in [1.54, 1.807) is 7.05 Å². The molecule has 4 N–H and O–H groups in total. The lowest BCUT2D eigenvalue weighted by Gasteiger charge is -1.99. The van der Waals surface area contributed by atoms with Gasteiger partial charge in [-0.05, 0) is 13.1 Å². The Bertz CT molecular complexity index is 432. The second kappa shape index (κ2) is 4.98. The molecule has 0 aliphatic rings. The molecule has 0 bridgehead atoms. The van der Waals surface area contributed by atoms with Gasteiger partial charge in [-0.25, -0.2) is 9.78 Å². The minimum Gasteiger partial charge on any atom is -0.478 e. The SMILES string of the molecule is CNCC#Cc1cnc(N)c(C(=O)O)c1. The molecule has 1 aromatic rings. The van der Waals surface area contributed by atoms with E-state index in [1.807, 2.05) is 0 Å². The molecule has 0 saturated heterocycles. The van der Waals surface area contributed by atoms with Crippen LogP contribution < -0.4 is 11.1 Å². The van der Waals surface area contributed by atoms with Crippen LogP contribution in [0.5, 0.6) is 0 Å². The number of rotatable bonds is 2. The molecule has 0 aliphatic heterocycles. The maximum atomic E-state index is 10.7. The van der Waals surface area contributed by atoms with Gasteiger partial charge in [-0.1, -0.05) is 11.8 Å². The van der Waals surface area contributed by atoms with Crippen molar-refractivity contribution in [1.29, 1.82) is 0 Å². The minimum atomic E-state index is -1.10. The second-order valence-electron chi connectivity index (χ2n) is 2.79. The van der Waals surface area contributed by atoms with Crippen LogP contribution >= 0.6 is 0 Å². The Hall–Kier alpha value is -2.06. The highest BCUT2D eigenvalue weighted by atomic mass is 16.4. The maximum Gasteiger partial charge on any atom is 0.339 e. The Kier molecular flexibility index (Phi) is 3.66. The maximum absolute atomic E-state index is 10.7. The first kappa shape index (κ1) is 11.0. The lowest BCUT2D eigenvalue weighted by atomic mass is 10.2. The van der Waals surface area contributed by atoms with E-state index in [-0.39, 0.29) is 11.4 Å². The van der Waals surface area contributed by atoms with Gasteiger partial charge in [-0.15, -0.1) is 0 Å². The van der Waals surface area contributed by atoms with Crippen LogP contribution in [0.25, 0.3) is 0 Å². The normalized spacial score (nSPS) is 9.13. The van der Waals surface area contributed by atoms with E-state index in [0.29, 0.717) is 12.1 Å². The zero-order valence-electron chi connectivity index (χ0n) is 8.24. The van der Waals surface area contributed by atoms with E-state index in [1.165, 1.54) is 12.3 Å². The molecule has 0 fully saturated rings. The molecule has 0 aromatic carbocycles. The molecular formula is C10H11N3O2. The lowest BCUT2D eigenvalue weighted by Crippen LogP contribution is -2.06. The van der Waals surface area contributed by atoms with Crippen LogP contribution in [-0.2, 0) is 0 Å². The zero-order valence-corrected chi connectivity index (χ0v) is 8.24. The third kappa shape index (κ3) is 2.97. The van der Waals surface area contributed by atoms with E-state index in [4.69, 9.17) is 10.8 Å². The first-order valence-electron chi connectivity index (χ1n) is 4.27. The molecule has 1 rings (SSSR count). The fourth-order valence-electron chi connectivity index (χ4n) is 0.950. The standard InChI is InChI=1S/C10H11N3O2/c1-12-4-2-3-7-5-8(10(14)15)9(11)13-6-7/h5-6,12H,4H2,1H3,(H2,11,13)(H,14,15). The molecule has 15 heavy (non-hydrogen) atoms. The number of aromatic carboxylic acids is 1. The molecule has 1 heterocycles. The number of anilines is 1. The van der Waals surface area contributed by atoms with Gasteiger partial charge in [-0.2, -0.15) is 0 Å². The van der Waals surface area contributed by atoms with Crippen molar-refractivity contribution in [2.45, 2.75) is 0 Å². The van der Waals surface area contributed by atoms with Crippen LogP contribution in [0.1, 0.15) is 15.9 Å². The smallest absolute Gasteiger partial charge is 0.339 e. The summed E-state index contributed by atoms with van der Waals surface area (Å²) in [4.78, 5) is 14.5. The van der Waals surface area contributed by atoms with Gasteiger partial charge in [0.2, 0.25) is 0 Å². The van der Waals surface area contributed by atoms with Crippen LogP contribution in [0.3, 0.4) is 0 Å². The summed E-state index contributed by atoms with van der Waals surface area (Å²) in [5.41, 5.74) is 5.91. The number of pyridine rings is 1. The van der Waals surface area contributed by atoms with Gasteiger partial charge in [0.1, 0.15) is 11.4 Å². The Labute approximate surface area is 87.3 Å². The van der Waals surface area contributed by atoms with Crippen molar-refractivity contribution in [2.75, 3.05) is 19.3 Å². The summed E-state index contributed by atoms with van der Waals surface area (Å²) in [6.07, 6.45) is 1.45. The predicted molar refractivity (Wildman–Crippen MR) is 56.4 cm³/mol. The van der Waals surface area contributed by atoms with Gasteiger partial charge in [0.25, 0.3) is 0 Å². The van der Waals surface area contributed by atoms with Crippen molar-refractivity contribution >= 4 is 11.8 Å². The molecule has 0 atom stereocenters. The summed E-state index contributed by atoms with van der Waals surface area (Å²) in [5, 5.41) is 11.6. The van der Waals surface area contributed by atoms with Crippen LogP contribution in [0.15, 0.2) is 12.3 Å². The number of carboxylic acid groups (broad SMARTS) is 1. The quantitative estimate of drug-likeness (QED) is 0.588. The van der Waals surface area contributed by atoms with Crippen LogP contribution in [-0.4, -0.2) is 29.7 Å². The molecule has 0 spiro atoms. The predicted octanol–water partition coefficient (Wildman–Crippen LogP) is -0.0671. The van der Waals surface area contributed by atoms with Gasteiger partial charge in [0.05, 0.1) is 6.54 Å². The van der Waals surface area contributed by atoms with Crippen molar-refractivity contribution in [3.63, 3.8) is 0 Å². The zero-order chi connectivity index (χ0) is 11.3. The molecular weight excluding hydrogens is 194 g/mol. The summed E-state index contributed by atoms with van der Waals surface area (Å²) in [6.45, 7) is 0.535. The van der Waals surface area contributed by atoms with E-state index >= 15 is 0 Å². The fourth-order valence-corrected chi connectivity index (χ4v) is 0.950. The Morgan fingerprint density at radius 2 is 2.47 bits per heavy atom. The number of nitrogens with two attached hydrogens (primary N) is 1. The molecule has 0 radical (unpaired) electrons. The van der Waals surface area contributed by atoms with Crippen molar-refractivity contribution in [3.05, 3.63) is 23.4 Å². The van der Waals surface area contributed by atoms with E-state index in [2.05, 4.69) is 22.1 Å². The first-order chi connectivity index (χ1) is 7.15. The van der Waals surface area contributed by atoms with Gasteiger partial charge in [0.15, 0.2) is 0 Å². The first-order valence-corrected chi connectivity index (χ1v) is 4.27. The van der Waals surface area contributed by atoms with Crippen LogP contribution in [0, 0.1) is 11.8 Å². The van der Waals surface area contributed by atoms with Gasteiger partial charge in [0, 0.05) is 11.8 Å². The highest BCUT2D eigenvalue weighted by molar-refractivity contribution is 5.92. The number of nitrogen functional groups attached to an aromatic ring is 1. The van der Waals surface area contributed by atoms with E-state index in [0.717, 1.165) is 0 Å². The average molecular weight is 205 g/mol. The third-order valence-electron chi connectivity index (χ3n) is 1.65. The van der Waals surface area contributed by atoms with Crippen molar-refractivity contribution in [1.82, 2.24) is 10.3 Å². The summed E-state index contributed by atoms with van der Waals surface area (Å²) >= 11 is 0. The Morgan fingerprint density at radius 1 is 1.73 bits per heavy atom. The summed E-state index contributed by atoms with van der Waals surface area (Å²) in [5.74, 6) is 4.48. The highest BCUT2D eigenvalue weighted by Crippen LogP contribution is 2.09. The number of carbonyl (C=O) groups is 1. The Balaban J connectivity index is 2.99. The molecule has 5 nitrogen and oxygen atoms in total. The topological polar surface area (TPSA) is 88.2 Å². The second-order valence-corrected chi connectivity index (χ2v) is 2.79.